The molecule has 0 heterocycles. The number of ketones is 2. The smallest absolute Gasteiger partial charge is 0.255 e. The maximum atomic E-state index is 14.2. The number of primary amides is 1. The number of benzene rings is 1. The van der Waals surface area contributed by atoms with Crippen molar-refractivity contribution in [1.82, 2.24) is 9.80 Å². The van der Waals surface area contributed by atoms with Crippen molar-refractivity contribution in [1.29, 1.82) is 0 Å². The van der Waals surface area contributed by atoms with Gasteiger partial charge in [0.15, 0.2) is 11.4 Å². The zero-order valence-electron chi connectivity index (χ0n) is 27.1. The van der Waals surface area contributed by atoms with E-state index in [0.717, 1.165) is 24.3 Å². The number of aromatic hydroxyl groups is 1. The molecule has 0 spiro atoms. The molecule has 11 heteroatoms. The summed E-state index contributed by atoms with van der Waals surface area (Å²) in [5.74, 6) is -5.83. The Bertz CT molecular complexity index is 1460. The maximum absolute atomic E-state index is 14.2. The highest BCUT2D eigenvalue weighted by atomic mass is 16.3. The molecule has 45 heavy (non-hydrogen) atoms. The standard InChI is InChI=1S/C34H48N4O7/c1-6-38(16-18-11-9-7-8-10-12-18)17-20-15-23(39)25-21(27(20)36(2)3)13-19-14-22-28(37(4)5)30(41)26(33(35)44)32(43)34(22,45)31(42)24(19)29(25)40/h15,18-19,22,28,39,41-42,45H,6-14,16-17H2,1-5H3,(H2,35,44)/t19-,22-,28-,34-/m0/s1. The second kappa shape index (κ2) is 12.4. The Morgan fingerprint density at radius 3 is 2.24 bits per heavy atom. The van der Waals surface area contributed by atoms with Crippen LogP contribution in [0.2, 0.25) is 0 Å². The lowest BCUT2D eigenvalue weighted by atomic mass is 9.58. The van der Waals surface area contributed by atoms with Gasteiger partial charge in [-0.15, -0.1) is 0 Å². The molecule has 0 unspecified atom stereocenters. The van der Waals surface area contributed by atoms with Crippen LogP contribution < -0.4 is 10.6 Å². The molecule has 0 bridgehead atoms. The average Bonchev–Trinajstić information content (AvgIpc) is 3.22. The molecule has 1 aromatic carbocycles. The molecule has 6 N–H and O–H groups in total. The zero-order chi connectivity index (χ0) is 33.0. The molecule has 1 aromatic rings. The predicted octanol–water partition coefficient (Wildman–Crippen LogP) is 2.98. The van der Waals surface area contributed by atoms with Crippen LogP contribution in [0.25, 0.3) is 0 Å². The number of fused-ring (bicyclic) bond motifs is 3. The number of anilines is 1. The van der Waals surface area contributed by atoms with Gasteiger partial charge in [0.1, 0.15) is 22.8 Å². The summed E-state index contributed by atoms with van der Waals surface area (Å²) in [5.41, 5.74) is 4.24. The van der Waals surface area contributed by atoms with Crippen LogP contribution in [-0.2, 0) is 22.6 Å². The predicted molar refractivity (Wildman–Crippen MR) is 170 cm³/mol. The second-order valence-corrected chi connectivity index (χ2v) is 13.8. The van der Waals surface area contributed by atoms with Crippen molar-refractivity contribution in [2.24, 2.45) is 23.5 Å². The van der Waals surface area contributed by atoms with E-state index in [2.05, 4.69) is 11.8 Å². The fraction of sp³-hybridized carbons (Fsp3) is 0.618. The molecule has 246 valence electrons. The molecule has 0 aliphatic heterocycles. The molecule has 11 nitrogen and oxygen atoms in total. The number of carbonyl (C=O) groups is 3. The Kier molecular flexibility index (Phi) is 9.09. The van der Waals surface area contributed by atoms with Gasteiger partial charge in [0.25, 0.3) is 5.91 Å². The van der Waals surface area contributed by atoms with Crippen molar-refractivity contribution >= 4 is 23.2 Å². The van der Waals surface area contributed by atoms with Gasteiger partial charge in [0.05, 0.1) is 11.6 Å². The number of allylic oxidation sites excluding steroid dienone is 1. The summed E-state index contributed by atoms with van der Waals surface area (Å²) in [7, 11) is 7.05. The van der Waals surface area contributed by atoms with Crippen LogP contribution in [0.1, 0.15) is 73.4 Å². The van der Waals surface area contributed by atoms with Crippen LogP contribution >= 0.6 is 0 Å². The fourth-order valence-electron chi connectivity index (χ4n) is 8.51. The third-order valence-electron chi connectivity index (χ3n) is 10.6. The molecule has 4 aliphatic rings. The molecule has 5 rings (SSSR count). The van der Waals surface area contributed by atoms with Gasteiger partial charge in [-0.25, -0.2) is 0 Å². The van der Waals surface area contributed by atoms with E-state index in [1.54, 1.807) is 25.1 Å². The molecule has 1 saturated carbocycles. The van der Waals surface area contributed by atoms with Gasteiger partial charge in [-0.2, -0.15) is 0 Å². The van der Waals surface area contributed by atoms with Gasteiger partial charge in [-0.05, 0) is 75.4 Å². The number of carbonyl (C=O) groups excluding carboxylic acids is 3. The largest absolute Gasteiger partial charge is 0.510 e. The molecule has 4 atom stereocenters. The lowest BCUT2D eigenvalue weighted by Crippen LogP contribution is -2.63. The molecule has 1 fully saturated rings. The van der Waals surface area contributed by atoms with E-state index in [1.165, 1.54) is 38.5 Å². The van der Waals surface area contributed by atoms with E-state index < -0.39 is 58.0 Å². The number of hydrogen-bond donors (Lipinski definition) is 5. The summed E-state index contributed by atoms with van der Waals surface area (Å²) in [6.07, 6.45) is 7.85. The van der Waals surface area contributed by atoms with Crippen LogP contribution in [0.15, 0.2) is 28.7 Å². The van der Waals surface area contributed by atoms with Crippen molar-refractivity contribution in [2.45, 2.75) is 76.5 Å². The van der Waals surface area contributed by atoms with Gasteiger partial charge in [-0.3, -0.25) is 24.2 Å². The highest BCUT2D eigenvalue weighted by molar-refractivity contribution is 6.24. The minimum Gasteiger partial charge on any atom is -0.510 e. The normalized spacial score (nSPS) is 27.4. The quantitative estimate of drug-likeness (QED) is 0.214. The van der Waals surface area contributed by atoms with Gasteiger partial charge in [0, 0.05) is 44.4 Å². The first kappa shape index (κ1) is 33.0. The molecule has 0 radical (unpaired) electrons. The highest BCUT2D eigenvalue weighted by Crippen LogP contribution is 2.53. The minimum absolute atomic E-state index is 0.0371. The topological polar surface area (TPSA) is 168 Å². The Hall–Kier alpha value is -3.41. The maximum Gasteiger partial charge on any atom is 0.255 e. The zero-order valence-corrected chi connectivity index (χ0v) is 27.1. The first-order chi connectivity index (χ1) is 21.2. The first-order valence-corrected chi connectivity index (χ1v) is 16.2. The van der Waals surface area contributed by atoms with Crippen molar-refractivity contribution in [2.75, 3.05) is 46.2 Å². The van der Waals surface area contributed by atoms with Crippen molar-refractivity contribution in [3.05, 3.63) is 45.4 Å². The van der Waals surface area contributed by atoms with E-state index in [-0.39, 0.29) is 29.7 Å². The summed E-state index contributed by atoms with van der Waals surface area (Å²) in [6.45, 7) is 4.54. The summed E-state index contributed by atoms with van der Waals surface area (Å²) >= 11 is 0. The van der Waals surface area contributed by atoms with Gasteiger partial charge >= 0.3 is 0 Å². The molecule has 4 aliphatic carbocycles. The van der Waals surface area contributed by atoms with E-state index in [1.807, 2.05) is 19.0 Å². The van der Waals surface area contributed by atoms with Crippen LogP contribution in [0.3, 0.4) is 0 Å². The Morgan fingerprint density at radius 2 is 1.69 bits per heavy atom. The Labute approximate surface area is 265 Å². The van der Waals surface area contributed by atoms with E-state index in [4.69, 9.17) is 5.73 Å². The van der Waals surface area contributed by atoms with Crippen LogP contribution in [-0.4, -0.2) is 101 Å². The van der Waals surface area contributed by atoms with Crippen molar-refractivity contribution in [3.8, 4) is 5.75 Å². The van der Waals surface area contributed by atoms with E-state index in [9.17, 15) is 34.8 Å². The molecule has 0 aromatic heterocycles. The van der Waals surface area contributed by atoms with Gasteiger partial charge in [0.2, 0.25) is 5.78 Å². The fourth-order valence-corrected chi connectivity index (χ4v) is 8.51. The van der Waals surface area contributed by atoms with Crippen molar-refractivity contribution < 1.29 is 34.8 Å². The van der Waals surface area contributed by atoms with Gasteiger partial charge < -0.3 is 31.1 Å². The first-order valence-electron chi connectivity index (χ1n) is 16.2. The summed E-state index contributed by atoms with van der Waals surface area (Å²) in [5, 5.41) is 45.8. The van der Waals surface area contributed by atoms with Gasteiger partial charge in [-0.1, -0.05) is 32.6 Å². The third-order valence-corrected chi connectivity index (χ3v) is 10.6. The lowest BCUT2D eigenvalue weighted by molar-refractivity contribution is -0.148. The number of Topliss-reactive ketones (excluding diaryl/α,β-unsaturated/α-hetero) is 2. The van der Waals surface area contributed by atoms with E-state index in [0.29, 0.717) is 18.0 Å². The summed E-state index contributed by atoms with van der Waals surface area (Å²) < 4.78 is 0. The Morgan fingerprint density at radius 1 is 1.04 bits per heavy atom. The third kappa shape index (κ3) is 5.42. The molecule has 0 saturated heterocycles. The number of nitrogens with zero attached hydrogens (tertiary/aromatic N) is 3. The number of hydrogen-bond acceptors (Lipinski definition) is 10. The minimum atomic E-state index is -2.65. The number of phenols is 1. The lowest BCUT2D eigenvalue weighted by Gasteiger charge is -2.50. The number of amides is 1. The monoisotopic (exact) mass is 624 g/mol. The summed E-state index contributed by atoms with van der Waals surface area (Å²) in [6, 6.07) is 0.602. The van der Waals surface area contributed by atoms with E-state index >= 15 is 0 Å². The summed E-state index contributed by atoms with van der Waals surface area (Å²) in [4.78, 5) is 45.8. The molecular weight excluding hydrogens is 576 g/mol. The second-order valence-electron chi connectivity index (χ2n) is 13.8. The number of aliphatic hydroxyl groups is 3. The highest BCUT2D eigenvalue weighted by Gasteiger charge is 2.63. The number of likely N-dealkylation sites (N-methyl/N-ethyl adjacent to an activating group) is 1. The number of nitrogens with two attached hydrogens (primary N) is 1. The van der Waals surface area contributed by atoms with Crippen LogP contribution in [0.4, 0.5) is 5.69 Å². The average molecular weight is 625 g/mol. The van der Waals surface area contributed by atoms with Crippen molar-refractivity contribution in [3.63, 3.8) is 0 Å². The SMILES string of the molecule is CCN(Cc1cc(O)c2c(c1N(C)C)C[C@H]1C[C@H]3[C@H](N(C)C)C(O)=C(C(N)=O)C(=O)[C@@]3(O)C(O)=C1C2=O)CC1CCCCCC1. The van der Waals surface area contributed by atoms with Crippen LogP contribution in [0.5, 0.6) is 5.75 Å². The Balaban J connectivity index is 1.58. The molecular formula is C34H48N4O7. The number of phenolic OH excluding ortho intramolecular Hbond substituents is 1. The van der Waals surface area contributed by atoms with Crippen LogP contribution in [0, 0.1) is 17.8 Å². The molecule has 1 amide bonds. The number of aliphatic hydroxyl groups excluding tert-OH is 2. The number of rotatable bonds is 8.